The number of hydrogen-bond donors (Lipinski definition) is 2. The van der Waals surface area contributed by atoms with Crippen molar-refractivity contribution in [2.75, 3.05) is 19.0 Å². The van der Waals surface area contributed by atoms with Crippen LogP contribution in [0.25, 0.3) is 0 Å². The Morgan fingerprint density at radius 1 is 1.00 bits per heavy atom. The maximum atomic E-state index is 12.3. The van der Waals surface area contributed by atoms with Crippen LogP contribution in [0.15, 0.2) is 60.8 Å². The summed E-state index contributed by atoms with van der Waals surface area (Å²) in [7, 11) is 1.65. The van der Waals surface area contributed by atoms with Gasteiger partial charge in [-0.15, -0.1) is 0 Å². The predicted octanol–water partition coefficient (Wildman–Crippen LogP) is 4.42. The SMILES string of the molecule is COc1ccccc1CCNC(=O)c1ccc(Nc2c(C)cccc2C)cn1. The molecule has 3 aromatic rings. The molecule has 5 heteroatoms. The van der Waals surface area contributed by atoms with Crippen LogP contribution in [0.2, 0.25) is 0 Å². The van der Waals surface area contributed by atoms with Crippen LogP contribution in [0.4, 0.5) is 11.4 Å². The molecule has 5 nitrogen and oxygen atoms in total. The number of hydrogen-bond acceptors (Lipinski definition) is 4. The molecule has 0 radical (unpaired) electrons. The van der Waals surface area contributed by atoms with Crippen LogP contribution >= 0.6 is 0 Å². The molecule has 144 valence electrons. The Balaban J connectivity index is 1.58. The maximum Gasteiger partial charge on any atom is 0.269 e. The van der Waals surface area contributed by atoms with Gasteiger partial charge in [-0.3, -0.25) is 4.79 Å². The van der Waals surface area contributed by atoms with E-state index in [0.29, 0.717) is 18.7 Å². The van der Waals surface area contributed by atoms with Gasteiger partial charge in [0.1, 0.15) is 11.4 Å². The largest absolute Gasteiger partial charge is 0.496 e. The molecule has 3 rings (SSSR count). The molecular weight excluding hydrogens is 350 g/mol. The Kier molecular flexibility index (Phi) is 6.27. The summed E-state index contributed by atoms with van der Waals surface area (Å²) in [5.41, 5.74) is 5.70. The lowest BCUT2D eigenvalue weighted by Gasteiger charge is -2.13. The maximum absolute atomic E-state index is 12.3. The topological polar surface area (TPSA) is 63.2 Å². The van der Waals surface area contributed by atoms with Gasteiger partial charge in [0.15, 0.2) is 0 Å². The third-order valence-corrected chi connectivity index (χ3v) is 4.62. The van der Waals surface area contributed by atoms with E-state index in [4.69, 9.17) is 4.74 Å². The van der Waals surface area contributed by atoms with Crippen molar-refractivity contribution in [2.45, 2.75) is 20.3 Å². The zero-order chi connectivity index (χ0) is 19.9. The molecule has 0 aliphatic carbocycles. The number of methoxy groups -OCH3 is 1. The van der Waals surface area contributed by atoms with Crippen molar-refractivity contribution in [3.8, 4) is 5.75 Å². The average Bonchev–Trinajstić information content (AvgIpc) is 2.71. The van der Waals surface area contributed by atoms with Crippen LogP contribution in [-0.2, 0) is 6.42 Å². The first kappa shape index (κ1) is 19.4. The lowest BCUT2D eigenvalue weighted by Crippen LogP contribution is -2.26. The summed E-state index contributed by atoms with van der Waals surface area (Å²) < 4.78 is 5.33. The number of carbonyl (C=O) groups excluding carboxylic acids is 1. The van der Waals surface area contributed by atoms with E-state index in [9.17, 15) is 4.79 Å². The van der Waals surface area contributed by atoms with Gasteiger partial charge in [-0.25, -0.2) is 4.98 Å². The van der Waals surface area contributed by atoms with Gasteiger partial charge in [0.05, 0.1) is 19.0 Å². The van der Waals surface area contributed by atoms with E-state index >= 15 is 0 Å². The zero-order valence-electron chi connectivity index (χ0n) is 16.5. The van der Waals surface area contributed by atoms with Gasteiger partial charge in [0.2, 0.25) is 0 Å². The van der Waals surface area contributed by atoms with Crippen LogP contribution in [0.1, 0.15) is 27.2 Å². The number of carbonyl (C=O) groups is 1. The van der Waals surface area contributed by atoms with Crippen LogP contribution in [0, 0.1) is 13.8 Å². The average molecular weight is 375 g/mol. The summed E-state index contributed by atoms with van der Waals surface area (Å²) in [6, 6.07) is 17.6. The Bertz CT molecular complexity index is 932. The van der Waals surface area contributed by atoms with Crippen LogP contribution in [0.3, 0.4) is 0 Å². The Morgan fingerprint density at radius 2 is 1.75 bits per heavy atom. The number of nitrogens with one attached hydrogen (secondary N) is 2. The Labute approximate surface area is 165 Å². The molecule has 0 aliphatic heterocycles. The van der Waals surface area contributed by atoms with Crippen molar-refractivity contribution in [3.63, 3.8) is 0 Å². The van der Waals surface area contributed by atoms with Gasteiger partial charge < -0.3 is 15.4 Å². The molecule has 0 spiro atoms. The number of ether oxygens (including phenoxy) is 1. The third-order valence-electron chi connectivity index (χ3n) is 4.62. The summed E-state index contributed by atoms with van der Waals surface area (Å²) in [5, 5.41) is 6.28. The molecular formula is C23H25N3O2. The third kappa shape index (κ3) is 4.68. The molecule has 28 heavy (non-hydrogen) atoms. The van der Waals surface area contributed by atoms with Crippen molar-refractivity contribution in [2.24, 2.45) is 0 Å². The van der Waals surface area contributed by atoms with Gasteiger partial charge in [-0.2, -0.15) is 0 Å². The molecule has 2 N–H and O–H groups in total. The number of aromatic nitrogens is 1. The smallest absolute Gasteiger partial charge is 0.269 e. The lowest BCUT2D eigenvalue weighted by molar-refractivity contribution is 0.0949. The summed E-state index contributed by atoms with van der Waals surface area (Å²) >= 11 is 0. The first-order valence-electron chi connectivity index (χ1n) is 9.28. The number of benzene rings is 2. The molecule has 0 fully saturated rings. The molecule has 0 bridgehead atoms. The van der Waals surface area contributed by atoms with Gasteiger partial charge in [0, 0.05) is 12.2 Å². The highest BCUT2D eigenvalue weighted by Crippen LogP contribution is 2.24. The highest BCUT2D eigenvalue weighted by Gasteiger charge is 2.09. The Hall–Kier alpha value is -3.34. The van der Waals surface area contributed by atoms with E-state index in [1.807, 2.05) is 36.4 Å². The second kappa shape index (κ2) is 9.04. The van der Waals surface area contributed by atoms with Gasteiger partial charge in [0.25, 0.3) is 5.91 Å². The molecule has 1 heterocycles. The molecule has 1 aromatic heterocycles. The predicted molar refractivity (Wildman–Crippen MR) is 112 cm³/mol. The number of nitrogens with zero attached hydrogens (tertiary/aromatic N) is 1. The first-order valence-corrected chi connectivity index (χ1v) is 9.28. The standard InChI is InChI=1S/C23H25N3O2/c1-16-7-6-8-17(2)22(16)26-19-11-12-20(25-15-19)23(27)24-14-13-18-9-4-5-10-21(18)28-3/h4-12,15,26H,13-14H2,1-3H3,(H,24,27). The minimum atomic E-state index is -0.187. The fourth-order valence-corrected chi connectivity index (χ4v) is 3.07. The van der Waals surface area contributed by atoms with Crippen molar-refractivity contribution < 1.29 is 9.53 Å². The number of aryl methyl sites for hydroxylation is 2. The molecule has 2 aromatic carbocycles. The Morgan fingerprint density at radius 3 is 2.43 bits per heavy atom. The van der Waals surface area contributed by atoms with Crippen molar-refractivity contribution in [1.29, 1.82) is 0 Å². The summed E-state index contributed by atoms with van der Waals surface area (Å²) in [6.45, 7) is 4.64. The van der Waals surface area contributed by atoms with Crippen LogP contribution < -0.4 is 15.4 Å². The highest BCUT2D eigenvalue weighted by molar-refractivity contribution is 5.92. The van der Waals surface area contributed by atoms with Gasteiger partial charge in [-0.1, -0.05) is 36.4 Å². The number of rotatable bonds is 7. The van der Waals surface area contributed by atoms with Crippen molar-refractivity contribution in [1.82, 2.24) is 10.3 Å². The van der Waals surface area contributed by atoms with Crippen molar-refractivity contribution >= 4 is 17.3 Å². The van der Waals surface area contributed by atoms with E-state index in [2.05, 4.69) is 41.6 Å². The minimum Gasteiger partial charge on any atom is -0.496 e. The fourth-order valence-electron chi connectivity index (χ4n) is 3.07. The van der Waals surface area contributed by atoms with Gasteiger partial charge in [-0.05, 0) is 55.2 Å². The monoisotopic (exact) mass is 375 g/mol. The van der Waals surface area contributed by atoms with Gasteiger partial charge >= 0.3 is 0 Å². The van der Waals surface area contributed by atoms with E-state index in [1.165, 1.54) is 0 Å². The van der Waals surface area contributed by atoms with Crippen molar-refractivity contribution in [3.05, 3.63) is 83.2 Å². The molecule has 0 aliphatic rings. The highest BCUT2D eigenvalue weighted by atomic mass is 16.5. The lowest BCUT2D eigenvalue weighted by atomic mass is 10.1. The van der Waals surface area contributed by atoms with Crippen LogP contribution in [-0.4, -0.2) is 24.5 Å². The molecule has 0 atom stereocenters. The quantitative estimate of drug-likeness (QED) is 0.641. The zero-order valence-corrected chi connectivity index (χ0v) is 16.5. The number of para-hydroxylation sites is 2. The second-order valence-electron chi connectivity index (χ2n) is 6.64. The number of anilines is 2. The number of amides is 1. The van der Waals surface area contributed by atoms with E-state index < -0.39 is 0 Å². The second-order valence-corrected chi connectivity index (χ2v) is 6.64. The van der Waals surface area contributed by atoms with E-state index in [-0.39, 0.29) is 5.91 Å². The van der Waals surface area contributed by atoms with Crippen LogP contribution in [0.5, 0.6) is 5.75 Å². The summed E-state index contributed by atoms with van der Waals surface area (Å²) in [6.07, 6.45) is 2.38. The molecule has 0 unspecified atom stereocenters. The first-order chi connectivity index (χ1) is 13.6. The molecule has 0 saturated heterocycles. The number of pyridine rings is 1. The minimum absolute atomic E-state index is 0.187. The van der Waals surface area contributed by atoms with E-state index in [1.54, 1.807) is 19.4 Å². The van der Waals surface area contributed by atoms with E-state index in [0.717, 1.165) is 33.8 Å². The molecule has 1 amide bonds. The fraction of sp³-hybridized carbons (Fsp3) is 0.217. The normalized spacial score (nSPS) is 10.4. The summed E-state index contributed by atoms with van der Waals surface area (Å²) in [5.74, 6) is 0.644. The molecule has 0 saturated carbocycles. The summed E-state index contributed by atoms with van der Waals surface area (Å²) in [4.78, 5) is 16.6.